The summed E-state index contributed by atoms with van der Waals surface area (Å²) in [6.45, 7) is 0. The van der Waals surface area contributed by atoms with E-state index < -0.39 is 17.8 Å². The van der Waals surface area contributed by atoms with Gasteiger partial charge in [0.2, 0.25) is 0 Å². The van der Waals surface area contributed by atoms with Gasteiger partial charge in [0, 0.05) is 0 Å². The number of hydrogen-bond donors (Lipinski definition) is 2. The van der Waals surface area contributed by atoms with Gasteiger partial charge in [-0.15, -0.1) is 0 Å². The van der Waals surface area contributed by atoms with Crippen LogP contribution in [0.1, 0.15) is 11.6 Å². The highest BCUT2D eigenvalue weighted by molar-refractivity contribution is 6.31. The Morgan fingerprint density at radius 3 is 2.47 bits per heavy atom. The van der Waals surface area contributed by atoms with Crippen LogP contribution in [0.3, 0.4) is 0 Å². The van der Waals surface area contributed by atoms with Gasteiger partial charge in [-0.05, 0) is 17.7 Å². The molecule has 98 valence electrons. The quantitative estimate of drug-likeness (QED) is 0.897. The molecule has 5 heteroatoms. The molecule has 0 aliphatic rings. The van der Waals surface area contributed by atoms with Gasteiger partial charge < -0.3 is 10.4 Å². The number of halogens is 2. The van der Waals surface area contributed by atoms with E-state index in [2.05, 4.69) is 5.32 Å². The summed E-state index contributed by atoms with van der Waals surface area (Å²) in [5.41, 5.74) is 0.595. The van der Waals surface area contributed by atoms with Gasteiger partial charge in [-0.25, -0.2) is 9.18 Å². The fraction of sp³-hybridized carbons (Fsp3) is 0.0714. The zero-order chi connectivity index (χ0) is 13.8. The largest absolute Gasteiger partial charge is 0.479 e. The molecule has 2 N–H and O–H groups in total. The van der Waals surface area contributed by atoms with Gasteiger partial charge in [0.1, 0.15) is 0 Å². The summed E-state index contributed by atoms with van der Waals surface area (Å²) >= 11 is 5.66. The smallest absolute Gasteiger partial charge is 0.330 e. The van der Waals surface area contributed by atoms with Crippen molar-refractivity contribution in [2.45, 2.75) is 6.04 Å². The summed E-state index contributed by atoms with van der Waals surface area (Å²) in [5, 5.41) is 11.8. The number of hydrogen-bond acceptors (Lipinski definition) is 2. The third-order valence-corrected chi connectivity index (χ3v) is 2.92. The lowest BCUT2D eigenvalue weighted by Crippen LogP contribution is -2.21. The monoisotopic (exact) mass is 279 g/mol. The van der Waals surface area contributed by atoms with Crippen molar-refractivity contribution >= 4 is 23.3 Å². The standard InChI is InChI=1S/C14H11ClFNO2/c15-10-7-4-8-11(12(10)16)17-13(14(18)19)9-5-2-1-3-6-9/h1-8,13,17H,(H,18,19). The Bertz CT molecular complexity index is 589. The van der Waals surface area contributed by atoms with E-state index in [1.54, 1.807) is 36.4 Å². The van der Waals surface area contributed by atoms with Crippen LogP contribution in [-0.4, -0.2) is 11.1 Å². The molecular formula is C14H11ClFNO2. The van der Waals surface area contributed by atoms with Crippen LogP contribution in [-0.2, 0) is 4.79 Å². The molecule has 0 aromatic heterocycles. The van der Waals surface area contributed by atoms with Crippen molar-refractivity contribution in [2.75, 3.05) is 5.32 Å². The number of rotatable bonds is 4. The maximum Gasteiger partial charge on any atom is 0.330 e. The van der Waals surface area contributed by atoms with Gasteiger partial charge in [0.25, 0.3) is 0 Å². The second-order valence-electron chi connectivity index (χ2n) is 3.93. The lowest BCUT2D eigenvalue weighted by molar-refractivity contribution is -0.138. The number of carboxylic acids is 1. The normalized spacial score (nSPS) is 11.9. The van der Waals surface area contributed by atoms with Crippen molar-refractivity contribution in [3.05, 3.63) is 64.9 Å². The third kappa shape index (κ3) is 3.03. The molecule has 2 aromatic carbocycles. The number of anilines is 1. The predicted octanol–water partition coefficient (Wildman–Crippen LogP) is 3.72. The Morgan fingerprint density at radius 2 is 1.84 bits per heavy atom. The summed E-state index contributed by atoms with van der Waals surface area (Å²) in [7, 11) is 0. The van der Waals surface area contributed by atoms with Crippen LogP contribution in [0.25, 0.3) is 0 Å². The molecule has 3 nitrogen and oxygen atoms in total. The van der Waals surface area contributed by atoms with Crippen LogP contribution in [0.4, 0.5) is 10.1 Å². The summed E-state index contributed by atoms with van der Waals surface area (Å²) in [6.07, 6.45) is 0. The minimum absolute atomic E-state index is 0.0535. The average molecular weight is 280 g/mol. The first-order valence-corrected chi connectivity index (χ1v) is 5.95. The van der Waals surface area contributed by atoms with Gasteiger partial charge in [-0.1, -0.05) is 48.0 Å². The minimum atomic E-state index is -1.09. The Balaban J connectivity index is 2.32. The third-order valence-electron chi connectivity index (χ3n) is 2.63. The molecule has 19 heavy (non-hydrogen) atoms. The zero-order valence-corrected chi connectivity index (χ0v) is 10.6. The number of nitrogens with one attached hydrogen (secondary N) is 1. The van der Waals surface area contributed by atoms with E-state index in [4.69, 9.17) is 11.6 Å². The van der Waals surface area contributed by atoms with Crippen molar-refractivity contribution in [1.82, 2.24) is 0 Å². The van der Waals surface area contributed by atoms with Crippen molar-refractivity contribution in [3.8, 4) is 0 Å². The highest BCUT2D eigenvalue weighted by Crippen LogP contribution is 2.26. The summed E-state index contributed by atoms with van der Waals surface area (Å²) in [6, 6.07) is 11.9. The fourth-order valence-corrected chi connectivity index (χ4v) is 1.88. The zero-order valence-electron chi connectivity index (χ0n) is 9.81. The highest BCUT2D eigenvalue weighted by atomic mass is 35.5. The SMILES string of the molecule is O=C(O)C(Nc1cccc(Cl)c1F)c1ccccc1. The first-order chi connectivity index (χ1) is 9.09. The first kappa shape index (κ1) is 13.4. The highest BCUT2D eigenvalue weighted by Gasteiger charge is 2.21. The lowest BCUT2D eigenvalue weighted by atomic mass is 10.1. The van der Waals surface area contributed by atoms with E-state index in [1.807, 2.05) is 0 Å². The van der Waals surface area contributed by atoms with Crippen molar-refractivity contribution < 1.29 is 14.3 Å². The van der Waals surface area contributed by atoms with Crippen LogP contribution in [0.2, 0.25) is 5.02 Å². The molecular weight excluding hydrogens is 269 g/mol. The molecule has 2 rings (SSSR count). The number of carbonyl (C=O) groups is 1. The van der Waals surface area contributed by atoms with Crippen LogP contribution >= 0.6 is 11.6 Å². The molecule has 0 saturated heterocycles. The van der Waals surface area contributed by atoms with Gasteiger partial charge in [0.15, 0.2) is 11.9 Å². The van der Waals surface area contributed by atoms with E-state index in [1.165, 1.54) is 12.1 Å². The fourth-order valence-electron chi connectivity index (χ4n) is 1.70. The van der Waals surface area contributed by atoms with Crippen LogP contribution in [0.15, 0.2) is 48.5 Å². The van der Waals surface area contributed by atoms with Gasteiger partial charge >= 0.3 is 5.97 Å². The second kappa shape index (κ2) is 5.71. The topological polar surface area (TPSA) is 49.3 Å². The summed E-state index contributed by atoms with van der Waals surface area (Å²) in [4.78, 5) is 11.3. The molecule has 0 aliphatic carbocycles. The molecule has 0 amide bonds. The van der Waals surface area contributed by atoms with E-state index >= 15 is 0 Å². The lowest BCUT2D eigenvalue weighted by Gasteiger charge is -2.16. The van der Waals surface area contributed by atoms with Crippen molar-refractivity contribution in [3.63, 3.8) is 0 Å². The molecule has 1 atom stereocenters. The maximum absolute atomic E-state index is 13.8. The van der Waals surface area contributed by atoms with Crippen LogP contribution < -0.4 is 5.32 Å². The Kier molecular flexibility index (Phi) is 4.02. The van der Waals surface area contributed by atoms with Crippen LogP contribution in [0.5, 0.6) is 0 Å². The van der Waals surface area contributed by atoms with Gasteiger partial charge in [-0.2, -0.15) is 0 Å². The summed E-state index contributed by atoms with van der Waals surface area (Å²) < 4.78 is 13.8. The molecule has 0 saturated carbocycles. The molecule has 0 aliphatic heterocycles. The average Bonchev–Trinajstić information content (AvgIpc) is 2.41. The molecule has 0 heterocycles. The molecule has 1 unspecified atom stereocenters. The minimum Gasteiger partial charge on any atom is -0.479 e. The number of carboxylic acid groups (broad SMARTS) is 1. The van der Waals surface area contributed by atoms with Crippen molar-refractivity contribution in [1.29, 1.82) is 0 Å². The van der Waals surface area contributed by atoms with Crippen LogP contribution in [0, 0.1) is 5.82 Å². The number of benzene rings is 2. The maximum atomic E-state index is 13.8. The van der Waals surface area contributed by atoms with E-state index in [0.29, 0.717) is 5.56 Å². The number of aliphatic carboxylic acids is 1. The Morgan fingerprint density at radius 1 is 1.16 bits per heavy atom. The van der Waals surface area contributed by atoms with Crippen molar-refractivity contribution in [2.24, 2.45) is 0 Å². The summed E-state index contributed by atoms with van der Waals surface area (Å²) in [5.74, 6) is -1.75. The van der Waals surface area contributed by atoms with Gasteiger partial charge in [-0.3, -0.25) is 0 Å². The second-order valence-corrected chi connectivity index (χ2v) is 4.33. The molecule has 0 fully saturated rings. The van der Waals surface area contributed by atoms with Gasteiger partial charge in [0.05, 0.1) is 10.7 Å². The molecule has 0 radical (unpaired) electrons. The predicted molar refractivity (Wildman–Crippen MR) is 71.9 cm³/mol. The first-order valence-electron chi connectivity index (χ1n) is 5.58. The Labute approximate surface area is 114 Å². The van der Waals surface area contributed by atoms with E-state index in [9.17, 15) is 14.3 Å². The molecule has 0 spiro atoms. The molecule has 0 bridgehead atoms. The Hall–Kier alpha value is -2.07. The van der Waals surface area contributed by atoms with E-state index in [0.717, 1.165) is 0 Å². The molecule has 2 aromatic rings. The van der Waals surface area contributed by atoms with E-state index in [-0.39, 0.29) is 10.7 Å².